The summed E-state index contributed by atoms with van der Waals surface area (Å²) in [6, 6.07) is 5.69. The molecular formula is C28H39N3O9. The van der Waals surface area contributed by atoms with Crippen LogP contribution in [0, 0.1) is 5.92 Å². The molecule has 1 fully saturated rings. The number of ether oxygens (including phenoxy) is 3. The Bertz CT molecular complexity index is 1160. The second-order valence-corrected chi connectivity index (χ2v) is 10.2. The van der Waals surface area contributed by atoms with Crippen molar-refractivity contribution in [2.45, 2.75) is 51.1 Å². The molecule has 2 aliphatic rings. The molecule has 12 nitrogen and oxygen atoms in total. The highest BCUT2D eigenvalue weighted by Crippen LogP contribution is 2.47. The van der Waals surface area contributed by atoms with E-state index < -0.39 is 23.8 Å². The maximum absolute atomic E-state index is 13.5. The third-order valence-corrected chi connectivity index (χ3v) is 7.78. The van der Waals surface area contributed by atoms with E-state index in [9.17, 15) is 30.0 Å². The highest BCUT2D eigenvalue weighted by atomic mass is 16.7. The Morgan fingerprint density at radius 1 is 1.12 bits per heavy atom. The van der Waals surface area contributed by atoms with E-state index >= 15 is 0 Å². The number of likely N-dealkylation sites (tertiary alicyclic amines) is 1. The van der Waals surface area contributed by atoms with E-state index in [0.717, 1.165) is 12.8 Å². The van der Waals surface area contributed by atoms with Gasteiger partial charge in [-0.05, 0) is 37.0 Å². The van der Waals surface area contributed by atoms with Gasteiger partial charge in [-0.2, -0.15) is 0 Å². The fourth-order valence-corrected chi connectivity index (χ4v) is 5.74. The summed E-state index contributed by atoms with van der Waals surface area (Å²) < 4.78 is 17.9. The largest absolute Gasteiger partial charge is 0.494 e. The van der Waals surface area contributed by atoms with Crippen LogP contribution in [0.2, 0.25) is 0 Å². The van der Waals surface area contributed by atoms with Gasteiger partial charge in [-0.15, -0.1) is 0 Å². The van der Waals surface area contributed by atoms with Gasteiger partial charge in [-0.1, -0.05) is 13.3 Å². The van der Waals surface area contributed by atoms with Crippen molar-refractivity contribution in [3.63, 3.8) is 0 Å². The molecular weight excluding hydrogens is 522 g/mol. The number of nitrogens with zero attached hydrogens (tertiary/aromatic N) is 3. The van der Waals surface area contributed by atoms with Crippen LogP contribution in [0.15, 0.2) is 24.3 Å². The van der Waals surface area contributed by atoms with Gasteiger partial charge in [-0.3, -0.25) is 19.1 Å². The van der Waals surface area contributed by atoms with E-state index in [2.05, 4.69) is 0 Å². The molecule has 0 aliphatic carbocycles. The predicted molar refractivity (Wildman–Crippen MR) is 144 cm³/mol. The average molecular weight is 562 g/mol. The number of aliphatic hydroxyl groups is 1. The van der Waals surface area contributed by atoms with Crippen LogP contribution in [0.3, 0.4) is 0 Å². The lowest BCUT2D eigenvalue weighted by molar-refractivity contribution is -0.144. The first-order valence-corrected chi connectivity index (χ1v) is 13.7. The van der Waals surface area contributed by atoms with Crippen LogP contribution in [0.25, 0.3) is 0 Å². The molecule has 3 atom stereocenters. The van der Waals surface area contributed by atoms with Gasteiger partial charge in [0.2, 0.25) is 18.4 Å². The Morgan fingerprint density at radius 3 is 2.50 bits per heavy atom. The summed E-state index contributed by atoms with van der Waals surface area (Å²) in [5, 5.41) is 40.1. The number of fused-ring (bicyclic) bond motifs is 1. The minimum absolute atomic E-state index is 0.00538. The van der Waals surface area contributed by atoms with Crippen LogP contribution in [0.5, 0.6) is 29.0 Å². The van der Waals surface area contributed by atoms with Gasteiger partial charge in [0.15, 0.2) is 23.3 Å². The van der Waals surface area contributed by atoms with Gasteiger partial charge in [0.1, 0.15) is 0 Å². The summed E-state index contributed by atoms with van der Waals surface area (Å²) in [5.74, 6) is -1.40. The first kappa shape index (κ1) is 29.3. The standard InChI is InChI=1S/C28H39N3O9/c1-3-4-9-29(10-5-12-32)25(35)16-30-15-19(18-13-21(38-2)27-22(14-18)39-17-40-27)26(28(36)37)20(30)8-11-31-23(33)6-7-24(31)34/h6-7,13-14,19-20,26,32-34H,3-5,8-12,15-17H2,1-2H3,(H,36,37)/t19-,20+,26?/m1/s1. The van der Waals surface area contributed by atoms with Crippen LogP contribution < -0.4 is 14.2 Å². The van der Waals surface area contributed by atoms with Crippen molar-refractivity contribution in [1.29, 1.82) is 0 Å². The van der Waals surface area contributed by atoms with Crippen molar-refractivity contribution < 1.29 is 44.2 Å². The molecule has 2 aliphatic heterocycles. The van der Waals surface area contributed by atoms with Gasteiger partial charge < -0.3 is 39.5 Å². The number of hydrogen-bond donors (Lipinski definition) is 4. The van der Waals surface area contributed by atoms with Crippen LogP contribution >= 0.6 is 0 Å². The summed E-state index contributed by atoms with van der Waals surface area (Å²) in [6.45, 7) is 3.49. The van der Waals surface area contributed by atoms with Gasteiger partial charge in [-0.25, -0.2) is 0 Å². The first-order valence-electron chi connectivity index (χ1n) is 13.7. The lowest BCUT2D eigenvalue weighted by atomic mass is 9.84. The van der Waals surface area contributed by atoms with Crippen molar-refractivity contribution >= 4 is 11.9 Å². The van der Waals surface area contributed by atoms with Crippen LogP contribution in [0.1, 0.15) is 44.1 Å². The van der Waals surface area contributed by atoms with Gasteiger partial charge in [0.25, 0.3) is 0 Å². The summed E-state index contributed by atoms with van der Waals surface area (Å²) in [7, 11) is 1.51. The fraction of sp³-hybridized carbons (Fsp3) is 0.571. The van der Waals surface area contributed by atoms with E-state index in [4.69, 9.17) is 14.2 Å². The van der Waals surface area contributed by atoms with E-state index in [1.807, 2.05) is 11.8 Å². The molecule has 1 saturated heterocycles. The van der Waals surface area contributed by atoms with Gasteiger partial charge >= 0.3 is 5.97 Å². The molecule has 0 spiro atoms. The van der Waals surface area contributed by atoms with Crippen molar-refractivity contribution in [3.05, 3.63) is 29.8 Å². The molecule has 220 valence electrons. The van der Waals surface area contributed by atoms with E-state index in [-0.39, 0.29) is 50.6 Å². The maximum Gasteiger partial charge on any atom is 0.308 e. The van der Waals surface area contributed by atoms with Crippen molar-refractivity contribution in [3.8, 4) is 29.0 Å². The third-order valence-electron chi connectivity index (χ3n) is 7.78. The van der Waals surface area contributed by atoms with Crippen molar-refractivity contribution in [2.75, 3.05) is 46.7 Å². The maximum atomic E-state index is 13.5. The Labute approximate surface area is 233 Å². The number of benzene rings is 1. The normalized spacial score (nSPS) is 20.1. The molecule has 1 unspecified atom stereocenters. The summed E-state index contributed by atoms with van der Waals surface area (Å²) in [4.78, 5) is 29.9. The molecule has 1 aromatic heterocycles. The molecule has 4 N–H and O–H groups in total. The molecule has 4 rings (SSSR count). The number of carboxylic acids is 1. The minimum Gasteiger partial charge on any atom is -0.494 e. The van der Waals surface area contributed by atoms with Crippen molar-refractivity contribution in [2.24, 2.45) is 5.92 Å². The molecule has 0 radical (unpaired) electrons. The van der Waals surface area contributed by atoms with E-state index in [0.29, 0.717) is 48.9 Å². The Kier molecular flexibility index (Phi) is 9.64. The number of hydrogen-bond acceptors (Lipinski definition) is 9. The minimum atomic E-state index is -1.01. The molecule has 2 aromatic rings. The summed E-state index contributed by atoms with van der Waals surface area (Å²) in [6.07, 6.45) is 2.46. The summed E-state index contributed by atoms with van der Waals surface area (Å²) in [5.41, 5.74) is 0.697. The number of carbonyl (C=O) groups excluding carboxylic acids is 1. The number of unbranched alkanes of at least 4 members (excludes halogenated alkanes) is 1. The number of aliphatic carboxylic acids is 1. The second kappa shape index (κ2) is 13.1. The number of aliphatic hydroxyl groups excluding tert-OH is 1. The number of aromatic hydroxyl groups is 2. The smallest absolute Gasteiger partial charge is 0.308 e. The second-order valence-electron chi connectivity index (χ2n) is 10.2. The number of methoxy groups -OCH3 is 1. The lowest BCUT2D eigenvalue weighted by Gasteiger charge is -2.30. The van der Waals surface area contributed by atoms with Crippen LogP contribution in [0.4, 0.5) is 0 Å². The zero-order valence-corrected chi connectivity index (χ0v) is 23.0. The number of amides is 1. The average Bonchev–Trinajstić information content (AvgIpc) is 3.64. The third kappa shape index (κ3) is 6.23. The Morgan fingerprint density at radius 2 is 1.85 bits per heavy atom. The number of aromatic nitrogens is 1. The monoisotopic (exact) mass is 561 g/mol. The number of carboxylic acid groups (broad SMARTS) is 1. The lowest BCUT2D eigenvalue weighted by Crippen LogP contribution is -2.45. The zero-order chi connectivity index (χ0) is 28.8. The summed E-state index contributed by atoms with van der Waals surface area (Å²) >= 11 is 0. The van der Waals surface area contributed by atoms with Gasteiger partial charge in [0, 0.05) is 56.9 Å². The van der Waals surface area contributed by atoms with E-state index in [1.165, 1.54) is 23.8 Å². The Hall–Kier alpha value is -3.64. The highest BCUT2D eigenvalue weighted by Gasteiger charge is 2.47. The molecule has 1 amide bonds. The zero-order valence-electron chi connectivity index (χ0n) is 23.0. The molecule has 0 saturated carbocycles. The molecule has 0 bridgehead atoms. The molecule has 40 heavy (non-hydrogen) atoms. The topological polar surface area (TPSA) is 154 Å². The van der Waals surface area contributed by atoms with Crippen molar-refractivity contribution in [1.82, 2.24) is 14.4 Å². The Balaban J connectivity index is 1.65. The molecule has 12 heteroatoms. The van der Waals surface area contributed by atoms with E-state index in [1.54, 1.807) is 17.0 Å². The quantitative estimate of drug-likeness (QED) is 0.270. The number of carbonyl (C=O) groups is 2. The number of rotatable bonds is 14. The molecule has 3 heterocycles. The fourth-order valence-electron chi connectivity index (χ4n) is 5.74. The van der Waals surface area contributed by atoms with Crippen LogP contribution in [-0.4, -0.2) is 99.4 Å². The molecule has 1 aromatic carbocycles. The van der Waals surface area contributed by atoms with Crippen LogP contribution in [-0.2, 0) is 16.1 Å². The predicted octanol–water partition coefficient (Wildman–Crippen LogP) is 2.21. The van der Waals surface area contributed by atoms with Gasteiger partial charge in [0.05, 0.1) is 19.6 Å². The first-order chi connectivity index (χ1) is 19.3. The SMILES string of the molecule is CCCCN(CCCO)C(=O)CN1C[C@H](c2cc(OC)c3c(c2)OCO3)C(C(=O)O)[C@@H]1CCn1c(O)ccc1O. The highest BCUT2D eigenvalue weighted by molar-refractivity contribution is 5.79.